The van der Waals surface area contributed by atoms with Crippen LogP contribution in [0.2, 0.25) is 0 Å². The van der Waals surface area contributed by atoms with Gasteiger partial charge in [0.1, 0.15) is 5.03 Å². The van der Waals surface area contributed by atoms with Crippen LogP contribution in [0.5, 0.6) is 0 Å². The van der Waals surface area contributed by atoms with Crippen molar-refractivity contribution in [3.63, 3.8) is 0 Å². The average molecular weight is 301 g/mol. The molecule has 2 amide bonds. The number of benzene rings is 2. The van der Waals surface area contributed by atoms with Gasteiger partial charge in [-0.3, -0.25) is 9.59 Å². The fourth-order valence-corrected chi connectivity index (χ4v) is 1.84. The average Bonchev–Trinajstić information content (AvgIpc) is 2.48. The summed E-state index contributed by atoms with van der Waals surface area (Å²) >= 11 is 5.97. The monoisotopic (exact) mass is 300 g/mol. The maximum absolute atomic E-state index is 11.9. The fraction of sp³-hybridized carbons (Fsp3) is 0. The Hall–Kier alpha value is -2.59. The van der Waals surface area contributed by atoms with E-state index in [9.17, 15) is 9.59 Å². The van der Waals surface area contributed by atoms with Gasteiger partial charge in [-0.25, -0.2) is 0 Å². The summed E-state index contributed by atoms with van der Waals surface area (Å²) in [4.78, 5) is 22.9. The summed E-state index contributed by atoms with van der Waals surface area (Å²) in [6.45, 7) is 0. The number of amides is 2. The van der Waals surface area contributed by atoms with Gasteiger partial charge >= 0.3 is 0 Å². The molecule has 0 atom stereocenters. The van der Waals surface area contributed by atoms with Crippen molar-refractivity contribution in [2.45, 2.75) is 0 Å². The predicted octanol–water partition coefficient (Wildman–Crippen LogP) is 3.00. The highest BCUT2D eigenvalue weighted by Crippen LogP contribution is 2.14. The molecular weight excluding hydrogens is 288 g/mol. The first-order chi connectivity index (χ1) is 10.1. The molecule has 0 aromatic heterocycles. The molecule has 0 saturated carbocycles. The zero-order chi connectivity index (χ0) is 15.2. The minimum absolute atomic E-state index is 0.0696. The normalized spacial score (nSPS) is 11.0. The summed E-state index contributed by atoms with van der Waals surface area (Å²) in [5, 5.41) is 2.71. The molecule has 5 heteroatoms. The second-order valence-corrected chi connectivity index (χ2v) is 4.71. The number of nitrogens with two attached hydrogens (primary N) is 1. The number of carbonyl (C=O) groups excluding carboxylic acids is 2. The number of anilines is 1. The molecule has 2 aromatic rings. The number of primary amides is 1. The summed E-state index contributed by atoms with van der Waals surface area (Å²) in [6.07, 6.45) is 1.58. The van der Waals surface area contributed by atoms with Gasteiger partial charge in [-0.15, -0.1) is 0 Å². The van der Waals surface area contributed by atoms with Gasteiger partial charge < -0.3 is 11.1 Å². The molecule has 0 aliphatic rings. The van der Waals surface area contributed by atoms with Crippen molar-refractivity contribution >= 4 is 35.2 Å². The van der Waals surface area contributed by atoms with Crippen molar-refractivity contribution in [1.82, 2.24) is 0 Å². The largest absolute Gasteiger partial charge is 0.366 e. The van der Waals surface area contributed by atoms with Crippen molar-refractivity contribution in [1.29, 1.82) is 0 Å². The quantitative estimate of drug-likeness (QED) is 0.852. The van der Waals surface area contributed by atoms with Crippen LogP contribution < -0.4 is 11.1 Å². The first-order valence-electron chi connectivity index (χ1n) is 6.20. The fourth-order valence-electron chi connectivity index (χ4n) is 1.67. The highest BCUT2D eigenvalue weighted by molar-refractivity contribution is 6.45. The number of nitrogens with one attached hydrogen (secondary N) is 1. The van der Waals surface area contributed by atoms with Gasteiger partial charge in [0.25, 0.3) is 5.91 Å². The molecule has 0 bridgehead atoms. The Bertz CT molecular complexity index is 679. The smallest absolute Gasteiger partial charge is 0.267 e. The van der Waals surface area contributed by atoms with E-state index in [1.165, 1.54) is 12.1 Å². The van der Waals surface area contributed by atoms with Gasteiger partial charge in [-0.2, -0.15) is 0 Å². The van der Waals surface area contributed by atoms with Crippen LogP contribution in [-0.2, 0) is 4.79 Å². The van der Waals surface area contributed by atoms with E-state index in [2.05, 4.69) is 5.32 Å². The second kappa shape index (κ2) is 6.72. The van der Waals surface area contributed by atoms with Gasteiger partial charge in [0.15, 0.2) is 0 Å². The Morgan fingerprint density at radius 3 is 2.19 bits per heavy atom. The van der Waals surface area contributed by atoms with Gasteiger partial charge in [0, 0.05) is 11.3 Å². The van der Waals surface area contributed by atoms with E-state index in [4.69, 9.17) is 17.3 Å². The molecule has 0 saturated heterocycles. The van der Waals surface area contributed by atoms with Crippen LogP contribution >= 0.6 is 11.6 Å². The van der Waals surface area contributed by atoms with Crippen LogP contribution in [0.25, 0.3) is 6.08 Å². The first-order valence-corrected chi connectivity index (χ1v) is 6.57. The first kappa shape index (κ1) is 14.8. The standard InChI is InChI=1S/C16H13ClN2O2/c17-14(10-11-4-2-1-3-5-11)16(21)19-13-8-6-12(7-9-13)15(18)20/h1-10H,(H2,18,20)(H,19,21). The van der Waals surface area contributed by atoms with Crippen LogP contribution in [0.4, 0.5) is 5.69 Å². The summed E-state index contributed by atoms with van der Waals surface area (Å²) < 4.78 is 0. The van der Waals surface area contributed by atoms with Crippen molar-refractivity contribution in [3.05, 3.63) is 70.8 Å². The van der Waals surface area contributed by atoms with E-state index >= 15 is 0 Å². The van der Waals surface area contributed by atoms with Crippen LogP contribution in [0.15, 0.2) is 59.6 Å². The Morgan fingerprint density at radius 1 is 1.00 bits per heavy atom. The van der Waals surface area contributed by atoms with Crippen LogP contribution in [0, 0.1) is 0 Å². The molecule has 0 radical (unpaired) electrons. The number of halogens is 1. The molecule has 0 aliphatic carbocycles. The summed E-state index contributed by atoms with van der Waals surface area (Å²) in [5.74, 6) is -0.942. The molecule has 2 rings (SSSR count). The van der Waals surface area contributed by atoms with Gasteiger partial charge in [0.2, 0.25) is 5.91 Å². The highest BCUT2D eigenvalue weighted by atomic mass is 35.5. The van der Waals surface area contributed by atoms with E-state index in [0.29, 0.717) is 11.3 Å². The Balaban J connectivity index is 2.07. The molecule has 3 N–H and O–H groups in total. The SMILES string of the molecule is NC(=O)c1ccc(NC(=O)C(Cl)=Cc2ccccc2)cc1. The topological polar surface area (TPSA) is 72.2 Å². The van der Waals surface area contributed by atoms with Gasteiger partial charge in [-0.1, -0.05) is 41.9 Å². The lowest BCUT2D eigenvalue weighted by Gasteiger charge is -2.05. The van der Waals surface area contributed by atoms with Gasteiger partial charge in [0.05, 0.1) is 0 Å². The van der Waals surface area contributed by atoms with E-state index in [1.807, 2.05) is 30.3 Å². The van der Waals surface area contributed by atoms with E-state index in [1.54, 1.807) is 18.2 Å². The predicted molar refractivity (Wildman–Crippen MR) is 83.9 cm³/mol. The minimum Gasteiger partial charge on any atom is -0.366 e. The lowest BCUT2D eigenvalue weighted by atomic mass is 10.2. The maximum atomic E-state index is 11.9. The molecule has 0 heterocycles. The van der Waals surface area contributed by atoms with Crippen molar-refractivity contribution in [2.75, 3.05) is 5.32 Å². The van der Waals surface area contributed by atoms with E-state index < -0.39 is 11.8 Å². The van der Waals surface area contributed by atoms with Gasteiger partial charge in [-0.05, 0) is 35.9 Å². The minimum atomic E-state index is -0.519. The number of rotatable bonds is 4. The van der Waals surface area contributed by atoms with Crippen molar-refractivity contribution < 1.29 is 9.59 Å². The molecule has 106 valence electrons. The van der Waals surface area contributed by atoms with Crippen molar-refractivity contribution in [2.24, 2.45) is 5.73 Å². The van der Waals surface area contributed by atoms with Crippen LogP contribution in [-0.4, -0.2) is 11.8 Å². The third kappa shape index (κ3) is 4.19. The molecule has 4 nitrogen and oxygen atoms in total. The molecule has 0 unspecified atom stereocenters. The van der Waals surface area contributed by atoms with Crippen molar-refractivity contribution in [3.8, 4) is 0 Å². The third-order valence-electron chi connectivity index (χ3n) is 2.74. The molecule has 2 aromatic carbocycles. The molecule has 0 fully saturated rings. The Morgan fingerprint density at radius 2 is 1.62 bits per heavy atom. The van der Waals surface area contributed by atoms with Crippen LogP contribution in [0.1, 0.15) is 15.9 Å². The molecule has 21 heavy (non-hydrogen) atoms. The summed E-state index contributed by atoms with van der Waals surface area (Å²) in [6, 6.07) is 15.5. The maximum Gasteiger partial charge on any atom is 0.267 e. The summed E-state index contributed by atoms with van der Waals surface area (Å²) in [7, 11) is 0. The van der Waals surface area contributed by atoms with E-state index in [0.717, 1.165) is 5.56 Å². The second-order valence-electron chi connectivity index (χ2n) is 4.30. The number of hydrogen-bond donors (Lipinski definition) is 2. The molecule has 0 aliphatic heterocycles. The molecular formula is C16H13ClN2O2. The Kier molecular flexibility index (Phi) is 4.74. The van der Waals surface area contributed by atoms with E-state index in [-0.39, 0.29) is 5.03 Å². The number of hydrogen-bond acceptors (Lipinski definition) is 2. The summed E-state index contributed by atoms with van der Waals surface area (Å²) in [5.41, 5.74) is 6.88. The lowest BCUT2D eigenvalue weighted by Crippen LogP contribution is -2.13. The Labute approximate surface area is 127 Å². The molecule has 0 spiro atoms. The highest BCUT2D eigenvalue weighted by Gasteiger charge is 2.08. The zero-order valence-electron chi connectivity index (χ0n) is 11.0. The zero-order valence-corrected chi connectivity index (χ0v) is 11.8. The lowest BCUT2D eigenvalue weighted by molar-refractivity contribution is -0.112. The third-order valence-corrected chi connectivity index (χ3v) is 3.02. The van der Waals surface area contributed by atoms with Crippen LogP contribution in [0.3, 0.4) is 0 Å². The number of carbonyl (C=O) groups is 2.